The molecule has 0 unspecified atom stereocenters. The van der Waals surface area contributed by atoms with Crippen molar-refractivity contribution in [1.82, 2.24) is 4.98 Å². The molecule has 0 aliphatic carbocycles. The van der Waals surface area contributed by atoms with Crippen LogP contribution in [0.5, 0.6) is 11.5 Å². The van der Waals surface area contributed by atoms with Crippen molar-refractivity contribution in [2.75, 3.05) is 0 Å². The number of aromatic nitrogens is 1. The molecule has 0 aliphatic heterocycles. The maximum Gasteiger partial charge on any atom is 0.231 e. The minimum atomic E-state index is 0.0672. The Kier molecular flexibility index (Phi) is 5.60. The monoisotopic (exact) mass is 434 g/mol. The molecule has 162 valence electrons. The zero-order valence-corrected chi connectivity index (χ0v) is 18.1. The Morgan fingerprint density at radius 2 is 1.76 bits per heavy atom. The predicted octanol–water partition coefficient (Wildman–Crippen LogP) is 6.84. The van der Waals surface area contributed by atoms with Crippen molar-refractivity contribution in [3.8, 4) is 23.0 Å². The number of aryl methyl sites for hydroxylation is 1. The van der Waals surface area contributed by atoms with Crippen LogP contribution in [0.4, 0.5) is 5.69 Å². The second kappa shape index (κ2) is 9.01. The van der Waals surface area contributed by atoms with Crippen molar-refractivity contribution < 1.29 is 14.3 Å². The van der Waals surface area contributed by atoms with Gasteiger partial charge in [-0.3, -0.25) is 4.99 Å². The molecule has 5 nitrogen and oxygen atoms in total. The fourth-order valence-electron chi connectivity index (χ4n) is 3.47. The first-order chi connectivity index (χ1) is 16.1. The Hall–Kier alpha value is -4.38. The minimum absolute atomic E-state index is 0.0672. The topological polar surface area (TPSA) is 67.9 Å². The van der Waals surface area contributed by atoms with Crippen LogP contribution in [-0.4, -0.2) is 16.3 Å². The second-order valence-electron chi connectivity index (χ2n) is 7.79. The number of aliphatic imine (C=N–C) groups is 1. The summed E-state index contributed by atoms with van der Waals surface area (Å²) >= 11 is 0. The number of benzene rings is 4. The molecule has 5 aromatic rings. The number of hydrogen-bond donors (Lipinski definition) is 1. The number of rotatable bonds is 6. The lowest BCUT2D eigenvalue weighted by atomic mass is 10.1. The fraction of sp³-hybridized carbons (Fsp3) is 0.0714. The zero-order chi connectivity index (χ0) is 22.6. The lowest BCUT2D eigenvalue weighted by Gasteiger charge is -2.06. The van der Waals surface area contributed by atoms with Crippen molar-refractivity contribution >= 4 is 23.0 Å². The quantitative estimate of drug-likeness (QED) is 0.297. The SMILES string of the molecule is Cc1ccc2oc(-c3ccc(N=Cc4ccc(OCc5ccccc5)cc4)cc3O)nc2c1. The largest absolute Gasteiger partial charge is 0.507 e. The third-order valence-electron chi connectivity index (χ3n) is 5.25. The molecule has 4 aromatic carbocycles. The van der Waals surface area contributed by atoms with Crippen LogP contribution < -0.4 is 4.74 Å². The van der Waals surface area contributed by atoms with Crippen LogP contribution in [0.1, 0.15) is 16.7 Å². The average Bonchev–Trinajstić information content (AvgIpc) is 3.25. The first kappa shape index (κ1) is 20.5. The van der Waals surface area contributed by atoms with E-state index in [1.165, 1.54) is 0 Å². The van der Waals surface area contributed by atoms with Gasteiger partial charge in [0.05, 0.1) is 11.3 Å². The molecular formula is C28H22N2O3. The molecule has 1 N–H and O–H groups in total. The van der Waals surface area contributed by atoms with E-state index in [1.807, 2.05) is 85.8 Å². The van der Waals surface area contributed by atoms with E-state index in [-0.39, 0.29) is 5.75 Å². The van der Waals surface area contributed by atoms with Crippen molar-refractivity contribution in [3.63, 3.8) is 0 Å². The van der Waals surface area contributed by atoms with Crippen LogP contribution >= 0.6 is 0 Å². The van der Waals surface area contributed by atoms with E-state index in [0.29, 0.717) is 29.3 Å². The summed E-state index contributed by atoms with van der Waals surface area (Å²) in [5, 5.41) is 10.5. The first-order valence-electron chi connectivity index (χ1n) is 10.7. The smallest absolute Gasteiger partial charge is 0.231 e. The lowest BCUT2D eigenvalue weighted by molar-refractivity contribution is 0.306. The van der Waals surface area contributed by atoms with Gasteiger partial charge in [0, 0.05) is 12.3 Å². The maximum absolute atomic E-state index is 10.5. The third-order valence-corrected chi connectivity index (χ3v) is 5.25. The van der Waals surface area contributed by atoms with Gasteiger partial charge in [-0.25, -0.2) is 4.98 Å². The predicted molar refractivity (Wildman–Crippen MR) is 130 cm³/mol. The number of phenols is 1. The van der Waals surface area contributed by atoms with Crippen LogP contribution in [0.15, 0.2) is 100 Å². The summed E-state index contributed by atoms with van der Waals surface area (Å²) in [4.78, 5) is 8.97. The van der Waals surface area contributed by atoms with Crippen LogP contribution in [0.3, 0.4) is 0 Å². The minimum Gasteiger partial charge on any atom is -0.507 e. The number of fused-ring (bicyclic) bond motifs is 1. The molecule has 0 fully saturated rings. The van der Waals surface area contributed by atoms with Gasteiger partial charge in [-0.05, 0) is 72.1 Å². The van der Waals surface area contributed by atoms with E-state index in [9.17, 15) is 5.11 Å². The zero-order valence-electron chi connectivity index (χ0n) is 18.1. The number of nitrogens with zero attached hydrogens (tertiary/aromatic N) is 2. The van der Waals surface area contributed by atoms with Crippen LogP contribution in [0, 0.1) is 6.92 Å². The molecule has 0 saturated heterocycles. The Balaban J connectivity index is 1.27. The Morgan fingerprint density at radius 1 is 0.939 bits per heavy atom. The van der Waals surface area contributed by atoms with Gasteiger partial charge in [-0.2, -0.15) is 0 Å². The number of ether oxygens (including phenoxy) is 1. The summed E-state index contributed by atoms with van der Waals surface area (Å²) in [6, 6.07) is 28.8. The van der Waals surface area contributed by atoms with Gasteiger partial charge in [-0.1, -0.05) is 36.4 Å². The molecule has 0 amide bonds. The summed E-state index contributed by atoms with van der Waals surface area (Å²) in [7, 11) is 0. The Morgan fingerprint density at radius 3 is 2.55 bits per heavy atom. The maximum atomic E-state index is 10.5. The highest BCUT2D eigenvalue weighted by Gasteiger charge is 2.12. The van der Waals surface area contributed by atoms with Gasteiger partial charge >= 0.3 is 0 Å². The number of phenolic OH excluding ortho intramolecular Hbond substituents is 1. The molecule has 1 heterocycles. The molecule has 0 saturated carbocycles. The fourth-order valence-corrected chi connectivity index (χ4v) is 3.47. The molecule has 0 spiro atoms. The van der Waals surface area contributed by atoms with Crippen molar-refractivity contribution in [3.05, 3.63) is 108 Å². The molecule has 0 radical (unpaired) electrons. The molecule has 0 bridgehead atoms. The van der Waals surface area contributed by atoms with Crippen LogP contribution in [-0.2, 0) is 6.61 Å². The summed E-state index contributed by atoms with van der Waals surface area (Å²) < 4.78 is 11.6. The van der Waals surface area contributed by atoms with Crippen molar-refractivity contribution in [2.24, 2.45) is 4.99 Å². The van der Waals surface area contributed by atoms with Crippen LogP contribution in [0.2, 0.25) is 0 Å². The standard InChI is InChI=1S/C28H22N2O3/c1-19-7-14-27-25(15-19)30-28(33-27)24-13-10-22(16-26(24)31)29-17-20-8-11-23(12-9-20)32-18-21-5-3-2-4-6-21/h2-17,31H,18H2,1H3. The molecule has 0 aliphatic rings. The highest BCUT2D eigenvalue weighted by Crippen LogP contribution is 2.34. The average molecular weight is 434 g/mol. The highest BCUT2D eigenvalue weighted by atomic mass is 16.5. The number of oxazole rings is 1. The van der Waals surface area contributed by atoms with Gasteiger partial charge in [-0.15, -0.1) is 0 Å². The first-order valence-corrected chi connectivity index (χ1v) is 10.7. The summed E-state index contributed by atoms with van der Waals surface area (Å²) in [5.41, 5.74) is 5.78. The van der Waals surface area contributed by atoms with Crippen molar-refractivity contribution in [1.29, 1.82) is 0 Å². The number of aromatic hydroxyl groups is 1. The van der Waals surface area contributed by atoms with E-state index in [1.54, 1.807) is 18.3 Å². The normalized spacial score (nSPS) is 11.3. The molecule has 0 atom stereocenters. The molecular weight excluding hydrogens is 412 g/mol. The Bertz CT molecular complexity index is 1420. The Labute approximate surface area is 191 Å². The molecule has 1 aromatic heterocycles. The lowest BCUT2D eigenvalue weighted by Crippen LogP contribution is -1.94. The number of hydrogen-bond acceptors (Lipinski definition) is 5. The van der Waals surface area contributed by atoms with Crippen LogP contribution in [0.25, 0.3) is 22.6 Å². The summed E-state index contributed by atoms with van der Waals surface area (Å²) in [6.07, 6.45) is 1.75. The second-order valence-corrected chi connectivity index (χ2v) is 7.79. The highest BCUT2D eigenvalue weighted by molar-refractivity contribution is 5.83. The summed E-state index contributed by atoms with van der Waals surface area (Å²) in [5.74, 6) is 1.25. The van der Waals surface area contributed by atoms with Gasteiger partial charge < -0.3 is 14.3 Å². The molecule has 5 heteroatoms. The third kappa shape index (κ3) is 4.77. The van der Waals surface area contributed by atoms with Gasteiger partial charge in [0.15, 0.2) is 5.58 Å². The van der Waals surface area contributed by atoms with Crippen molar-refractivity contribution in [2.45, 2.75) is 13.5 Å². The van der Waals surface area contributed by atoms with E-state index in [2.05, 4.69) is 9.98 Å². The van der Waals surface area contributed by atoms with E-state index in [4.69, 9.17) is 9.15 Å². The summed E-state index contributed by atoms with van der Waals surface area (Å²) in [6.45, 7) is 2.53. The van der Waals surface area contributed by atoms with Gasteiger partial charge in [0.25, 0.3) is 0 Å². The van der Waals surface area contributed by atoms with Gasteiger partial charge in [0.2, 0.25) is 5.89 Å². The van der Waals surface area contributed by atoms with E-state index >= 15 is 0 Å². The van der Waals surface area contributed by atoms with Gasteiger partial charge in [0.1, 0.15) is 23.6 Å². The van der Waals surface area contributed by atoms with E-state index < -0.39 is 0 Å². The molecule has 33 heavy (non-hydrogen) atoms. The van der Waals surface area contributed by atoms with E-state index in [0.717, 1.165) is 28.0 Å². The molecule has 5 rings (SSSR count).